The first-order valence-electron chi connectivity index (χ1n) is 7.77. The lowest BCUT2D eigenvalue weighted by atomic mass is 9.96. The standard InChI is InChI=1S/C19H23NO/c1-14-4-2-3-5-16(14)13-18(20)8-6-15-7-9-19-17(12-15)10-11-21-19/h2-5,7,9,12,18H,6,8,10-11,13,20H2,1H3. The molecule has 1 unspecified atom stereocenters. The molecule has 0 saturated carbocycles. The third-order valence-corrected chi connectivity index (χ3v) is 4.30. The minimum atomic E-state index is 0.218. The predicted octanol–water partition coefficient (Wildman–Crippen LogP) is 3.43. The van der Waals surface area contributed by atoms with Crippen molar-refractivity contribution in [1.29, 1.82) is 0 Å². The number of ether oxygens (including phenoxy) is 1. The summed E-state index contributed by atoms with van der Waals surface area (Å²) in [5.74, 6) is 1.06. The maximum atomic E-state index is 6.31. The Kier molecular flexibility index (Phi) is 4.26. The van der Waals surface area contributed by atoms with Crippen LogP contribution >= 0.6 is 0 Å². The van der Waals surface area contributed by atoms with Gasteiger partial charge in [-0.1, -0.05) is 36.4 Å². The van der Waals surface area contributed by atoms with Crippen molar-refractivity contribution in [1.82, 2.24) is 0 Å². The van der Waals surface area contributed by atoms with Gasteiger partial charge in [0.15, 0.2) is 0 Å². The highest BCUT2D eigenvalue weighted by atomic mass is 16.5. The highest BCUT2D eigenvalue weighted by molar-refractivity contribution is 5.39. The van der Waals surface area contributed by atoms with Gasteiger partial charge < -0.3 is 10.5 Å². The van der Waals surface area contributed by atoms with Gasteiger partial charge in [0.1, 0.15) is 5.75 Å². The number of fused-ring (bicyclic) bond motifs is 1. The summed E-state index contributed by atoms with van der Waals surface area (Å²) in [6.07, 6.45) is 4.06. The van der Waals surface area contributed by atoms with Crippen LogP contribution in [0, 0.1) is 6.92 Å². The largest absolute Gasteiger partial charge is 0.493 e. The second-order valence-corrected chi connectivity index (χ2v) is 5.97. The molecule has 2 heteroatoms. The Morgan fingerprint density at radius 3 is 2.90 bits per heavy atom. The molecule has 0 bridgehead atoms. The van der Waals surface area contributed by atoms with Crippen LogP contribution < -0.4 is 10.5 Å². The maximum Gasteiger partial charge on any atom is 0.122 e. The SMILES string of the molecule is Cc1ccccc1CC(N)CCc1ccc2c(c1)CCO2. The average molecular weight is 281 g/mol. The fourth-order valence-electron chi connectivity index (χ4n) is 2.97. The molecule has 2 nitrogen and oxygen atoms in total. The summed E-state index contributed by atoms with van der Waals surface area (Å²) in [5, 5.41) is 0. The van der Waals surface area contributed by atoms with Gasteiger partial charge in [0.2, 0.25) is 0 Å². The van der Waals surface area contributed by atoms with Crippen LogP contribution in [0.4, 0.5) is 0 Å². The fourth-order valence-corrected chi connectivity index (χ4v) is 2.97. The maximum absolute atomic E-state index is 6.31. The van der Waals surface area contributed by atoms with E-state index in [1.165, 1.54) is 22.3 Å². The molecule has 0 aromatic heterocycles. The Balaban J connectivity index is 1.56. The van der Waals surface area contributed by atoms with Crippen molar-refractivity contribution in [3.05, 3.63) is 64.7 Å². The normalized spacial score (nSPS) is 14.6. The van der Waals surface area contributed by atoms with E-state index in [2.05, 4.69) is 49.4 Å². The molecule has 21 heavy (non-hydrogen) atoms. The number of nitrogens with two attached hydrogens (primary N) is 1. The van der Waals surface area contributed by atoms with E-state index in [0.717, 1.165) is 38.0 Å². The lowest BCUT2D eigenvalue weighted by Gasteiger charge is -2.13. The molecule has 110 valence electrons. The van der Waals surface area contributed by atoms with E-state index in [0.29, 0.717) is 0 Å². The van der Waals surface area contributed by atoms with Crippen LogP contribution in [0.2, 0.25) is 0 Å². The average Bonchev–Trinajstić information content (AvgIpc) is 2.95. The molecule has 1 atom stereocenters. The van der Waals surface area contributed by atoms with Gasteiger partial charge >= 0.3 is 0 Å². The highest BCUT2D eigenvalue weighted by Crippen LogP contribution is 2.26. The van der Waals surface area contributed by atoms with Crippen molar-refractivity contribution in [3.63, 3.8) is 0 Å². The van der Waals surface area contributed by atoms with Crippen LogP contribution in [0.3, 0.4) is 0 Å². The van der Waals surface area contributed by atoms with Crippen LogP contribution in [-0.2, 0) is 19.3 Å². The molecule has 1 aliphatic heterocycles. The van der Waals surface area contributed by atoms with Crippen LogP contribution in [-0.4, -0.2) is 12.6 Å². The van der Waals surface area contributed by atoms with Gasteiger partial charge in [-0.25, -0.2) is 0 Å². The Labute approximate surface area is 126 Å². The van der Waals surface area contributed by atoms with E-state index in [9.17, 15) is 0 Å². The molecule has 1 heterocycles. The van der Waals surface area contributed by atoms with Crippen LogP contribution in [0.5, 0.6) is 5.75 Å². The fraction of sp³-hybridized carbons (Fsp3) is 0.368. The number of benzene rings is 2. The van der Waals surface area contributed by atoms with E-state index in [-0.39, 0.29) is 6.04 Å². The zero-order chi connectivity index (χ0) is 14.7. The molecule has 2 aromatic rings. The second-order valence-electron chi connectivity index (χ2n) is 5.97. The molecule has 2 aromatic carbocycles. The minimum Gasteiger partial charge on any atom is -0.493 e. The van der Waals surface area contributed by atoms with E-state index < -0.39 is 0 Å². The van der Waals surface area contributed by atoms with Crippen LogP contribution in [0.25, 0.3) is 0 Å². The van der Waals surface area contributed by atoms with Crippen LogP contribution in [0.1, 0.15) is 28.7 Å². The molecule has 0 spiro atoms. The minimum absolute atomic E-state index is 0.218. The van der Waals surface area contributed by atoms with Gasteiger partial charge in [0.05, 0.1) is 6.61 Å². The van der Waals surface area contributed by atoms with Crippen molar-refractivity contribution in [3.8, 4) is 5.75 Å². The van der Waals surface area contributed by atoms with E-state index in [4.69, 9.17) is 10.5 Å². The Hall–Kier alpha value is -1.80. The summed E-state index contributed by atoms with van der Waals surface area (Å²) in [4.78, 5) is 0. The first kappa shape index (κ1) is 14.2. The first-order chi connectivity index (χ1) is 10.2. The second kappa shape index (κ2) is 6.31. The Morgan fingerprint density at radius 2 is 2.05 bits per heavy atom. The third-order valence-electron chi connectivity index (χ3n) is 4.30. The topological polar surface area (TPSA) is 35.2 Å². The summed E-state index contributed by atoms with van der Waals surface area (Å²) in [6, 6.07) is 15.3. The molecule has 1 aliphatic rings. The molecule has 0 fully saturated rings. The number of hydrogen-bond acceptors (Lipinski definition) is 2. The molecule has 0 aliphatic carbocycles. The lowest BCUT2D eigenvalue weighted by molar-refractivity contribution is 0.357. The Morgan fingerprint density at radius 1 is 1.19 bits per heavy atom. The van der Waals surface area contributed by atoms with Crippen LogP contribution in [0.15, 0.2) is 42.5 Å². The van der Waals surface area contributed by atoms with Crippen molar-refractivity contribution < 1.29 is 4.74 Å². The van der Waals surface area contributed by atoms with Gasteiger partial charge in [-0.15, -0.1) is 0 Å². The van der Waals surface area contributed by atoms with Gasteiger partial charge in [-0.3, -0.25) is 0 Å². The number of aryl methyl sites for hydroxylation is 2. The van der Waals surface area contributed by atoms with E-state index >= 15 is 0 Å². The zero-order valence-electron chi connectivity index (χ0n) is 12.6. The van der Waals surface area contributed by atoms with Gasteiger partial charge in [-0.05, 0) is 54.5 Å². The number of rotatable bonds is 5. The predicted molar refractivity (Wildman–Crippen MR) is 86.8 cm³/mol. The van der Waals surface area contributed by atoms with E-state index in [1.54, 1.807) is 0 Å². The molecule has 2 N–H and O–H groups in total. The summed E-state index contributed by atoms with van der Waals surface area (Å²) < 4.78 is 5.55. The zero-order valence-corrected chi connectivity index (χ0v) is 12.6. The van der Waals surface area contributed by atoms with Crippen molar-refractivity contribution in [2.24, 2.45) is 5.73 Å². The van der Waals surface area contributed by atoms with Gasteiger partial charge in [0.25, 0.3) is 0 Å². The Bertz CT molecular complexity index is 621. The summed E-state index contributed by atoms with van der Waals surface area (Å²) in [5.41, 5.74) is 11.7. The summed E-state index contributed by atoms with van der Waals surface area (Å²) in [6.45, 7) is 2.98. The highest BCUT2D eigenvalue weighted by Gasteiger charge is 2.12. The monoisotopic (exact) mass is 281 g/mol. The summed E-state index contributed by atoms with van der Waals surface area (Å²) >= 11 is 0. The van der Waals surface area contributed by atoms with Gasteiger partial charge in [-0.2, -0.15) is 0 Å². The van der Waals surface area contributed by atoms with Gasteiger partial charge in [0, 0.05) is 12.5 Å². The third kappa shape index (κ3) is 3.45. The first-order valence-corrected chi connectivity index (χ1v) is 7.77. The molecular weight excluding hydrogens is 258 g/mol. The smallest absolute Gasteiger partial charge is 0.122 e. The van der Waals surface area contributed by atoms with Crippen molar-refractivity contribution in [2.75, 3.05) is 6.61 Å². The van der Waals surface area contributed by atoms with E-state index in [1.807, 2.05) is 0 Å². The quantitative estimate of drug-likeness (QED) is 0.911. The van der Waals surface area contributed by atoms with Crippen molar-refractivity contribution in [2.45, 2.75) is 38.6 Å². The molecule has 0 saturated heterocycles. The van der Waals surface area contributed by atoms with Crippen molar-refractivity contribution >= 4 is 0 Å². The molecule has 3 rings (SSSR count). The lowest BCUT2D eigenvalue weighted by Crippen LogP contribution is -2.23. The summed E-state index contributed by atoms with van der Waals surface area (Å²) in [7, 11) is 0. The molecule has 0 radical (unpaired) electrons. The molecule has 0 amide bonds. The molecular formula is C19H23NO. The number of hydrogen-bond donors (Lipinski definition) is 1.